The highest BCUT2D eigenvalue weighted by Gasteiger charge is 2.25. The Bertz CT molecular complexity index is 1600. The van der Waals surface area contributed by atoms with Crippen LogP contribution >= 0.6 is 0 Å². The molecule has 0 aliphatic rings. The second-order valence-electron chi connectivity index (χ2n) is 11.4. The number of unbranched alkanes of at least 4 members (excludes halogenated alkanes) is 1. The van der Waals surface area contributed by atoms with Gasteiger partial charge in [0.1, 0.15) is 17.3 Å². The van der Waals surface area contributed by atoms with Gasteiger partial charge in [0.05, 0.1) is 18.0 Å². The topological polar surface area (TPSA) is 90.7 Å². The minimum absolute atomic E-state index is 0.0674. The van der Waals surface area contributed by atoms with E-state index in [0.29, 0.717) is 35.7 Å². The van der Waals surface area contributed by atoms with Crippen molar-refractivity contribution in [1.82, 2.24) is 9.55 Å². The number of aromatic nitrogens is 2. The number of hydrogen-bond acceptors (Lipinski definition) is 5. The van der Waals surface area contributed by atoms with Crippen molar-refractivity contribution in [1.29, 1.82) is 0 Å². The zero-order valence-electron chi connectivity index (χ0n) is 27.3. The predicted molar refractivity (Wildman–Crippen MR) is 179 cm³/mol. The zero-order chi connectivity index (χ0) is 32.3. The van der Waals surface area contributed by atoms with E-state index in [2.05, 4.69) is 32.9 Å². The van der Waals surface area contributed by atoms with Gasteiger partial charge in [0, 0.05) is 17.5 Å². The highest BCUT2D eigenvalue weighted by molar-refractivity contribution is 5.75. The van der Waals surface area contributed by atoms with Crippen LogP contribution < -0.4 is 15.0 Å². The molecule has 0 amide bonds. The molecule has 0 aliphatic heterocycles. The number of benzene rings is 3. The summed E-state index contributed by atoms with van der Waals surface area (Å²) in [4.78, 5) is 31.6. The Kier molecular flexibility index (Phi) is 12.0. The van der Waals surface area contributed by atoms with Crippen LogP contribution in [0, 0.1) is 6.92 Å². The number of aliphatic carboxylic acids is 1. The lowest BCUT2D eigenvalue weighted by Gasteiger charge is -2.22. The number of ether oxygens (including phenoxy) is 2. The monoisotopic (exact) mass is 610 g/mol. The fourth-order valence-electron chi connectivity index (χ4n) is 5.81. The van der Waals surface area contributed by atoms with Crippen LogP contribution in [0.5, 0.6) is 11.5 Å². The normalized spacial score (nSPS) is 11.8. The highest BCUT2D eigenvalue weighted by atomic mass is 16.5. The maximum atomic E-state index is 14.3. The molecule has 0 aliphatic carbocycles. The van der Waals surface area contributed by atoms with Gasteiger partial charge in [-0.05, 0) is 80.5 Å². The van der Waals surface area contributed by atoms with Crippen LogP contribution in [-0.4, -0.2) is 27.2 Å². The van der Waals surface area contributed by atoms with E-state index in [0.717, 1.165) is 78.8 Å². The SMILES string of the molecule is CCCCc1nc(C)n(-c2ccc(OCC)cc2)c(=O)c1Cc1cc(CCC)c(OC(C(=O)O)c2ccccc2)c(CCC)c1. The van der Waals surface area contributed by atoms with Crippen molar-refractivity contribution in [3.8, 4) is 17.2 Å². The van der Waals surface area contributed by atoms with Gasteiger partial charge < -0.3 is 14.6 Å². The molecule has 7 nitrogen and oxygen atoms in total. The summed E-state index contributed by atoms with van der Waals surface area (Å²) < 4.78 is 13.7. The molecule has 4 rings (SSSR count). The first-order valence-corrected chi connectivity index (χ1v) is 16.2. The Labute approximate surface area is 266 Å². The highest BCUT2D eigenvalue weighted by Crippen LogP contribution is 2.34. The number of rotatable bonds is 16. The summed E-state index contributed by atoms with van der Waals surface area (Å²) >= 11 is 0. The molecule has 0 spiro atoms. The molecule has 1 N–H and O–H groups in total. The second kappa shape index (κ2) is 16.1. The zero-order valence-corrected chi connectivity index (χ0v) is 27.3. The molecule has 0 saturated heterocycles. The van der Waals surface area contributed by atoms with E-state index in [1.165, 1.54) is 0 Å². The molecule has 0 radical (unpaired) electrons. The molecule has 0 saturated carbocycles. The second-order valence-corrected chi connectivity index (χ2v) is 11.4. The van der Waals surface area contributed by atoms with Gasteiger partial charge in [-0.1, -0.05) is 82.5 Å². The number of carboxylic acids is 1. The summed E-state index contributed by atoms with van der Waals surface area (Å²) in [5.41, 5.74) is 5.73. The molecule has 45 heavy (non-hydrogen) atoms. The van der Waals surface area contributed by atoms with E-state index in [1.54, 1.807) is 16.7 Å². The molecule has 0 bridgehead atoms. The summed E-state index contributed by atoms with van der Waals surface area (Å²) in [6.45, 7) is 10.7. The minimum Gasteiger partial charge on any atom is -0.494 e. The fraction of sp³-hybridized carbons (Fsp3) is 0.395. The third kappa shape index (κ3) is 8.21. The number of carboxylic acid groups (broad SMARTS) is 1. The molecular weight excluding hydrogens is 564 g/mol. The number of aryl methyl sites for hydroxylation is 4. The van der Waals surface area contributed by atoms with Gasteiger partial charge in [-0.25, -0.2) is 9.78 Å². The first-order valence-electron chi connectivity index (χ1n) is 16.2. The standard InChI is InChI=1S/C38H46N2O5/c1-6-10-18-34-33(37(41)40(26(5)39-34)31-19-21-32(22-20-31)44-9-4)25-27-23-29(14-7-2)35(30(24-27)15-8-3)45-36(38(42)43)28-16-12-11-13-17-28/h11-13,16-17,19-24,36H,6-10,14-15,18,25H2,1-5H3,(H,42,43). The van der Waals surface area contributed by atoms with Crippen molar-refractivity contribution in [2.45, 2.75) is 92.1 Å². The van der Waals surface area contributed by atoms with Crippen LogP contribution in [0.1, 0.15) is 98.8 Å². The maximum Gasteiger partial charge on any atom is 0.349 e. The number of nitrogens with zero attached hydrogens (tertiary/aromatic N) is 2. The lowest BCUT2D eigenvalue weighted by molar-refractivity contribution is -0.145. The molecule has 0 fully saturated rings. The van der Waals surface area contributed by atoms with Gasteiger partial charge in [-0.15, -0.1) is 0 Å². The van der Waals surface area contributed by atoms with Crippen molar-refractivity contribution in [2.24, 2.45) is 0 Å². The molecule has 1 unspecified atom stereocenters. The van der Waals surface area contributed by atoms with Crippen molar-refractivity contribution in [3.05, 3.63) is 116 Å². The number of hydrogen-bond donors (Lipinski definition) is 1. The van der Waals surface area contributed by atoms with Gasteiger partial charge in [-0.3, -0.25) is 9.36 Å². The average molecular weight is 611 g/mol. The molecule has 238 valence electrons. The van der Waals surface area contributed by atoms with E-state index in [4.69, 9.17) is 14.5 Å². The maximum absolute atomic E-state index is 14.3. The van der Waals surface area contributed by atoms with Crippen LogP contribution in [0.25, 0.3) is 5.69 Å². The van der Waals surface area contributed by atoms with Crippen LogP contribution in [0.2, 0.25) is 0 Å². The van der Waals surface area contributed by atoms with E-state index < -0.39 is 12.1 Å². The lowest BCUT2D eigenvalue weighted by Crippen LogP contribution is -2.28. The van der Waals surface area contributed by atoms with Gasteiger partial charge >= 0.3 is 5.97 Å². The Morgan fingerprint density at radius 1 is 0.889 bits per heavy atom. The molecule has 1 atom stereocenters. The van der Waals surface area contributed by atoms with Gasteiger partial charge in [0.25, 0.3) is 5.56 Å². The van der Waals surface area contributed by atoms with Crippen molar-refractivity contribution in [2.75, 3.05) is 6.61 Å². The third-order valence-corrected chi connectivity index (χ3v) is 7.89. The molecule has 4 aromatic rings. The Balaban J connectivity index is 1.82. The van der Waals surface area contributed by atoms with Crippen LogP contribution in [0.4, 0.5) is 0 Å². The van der Waals surface area contributed by atoms with Gasteiger partial charge in [0.2, 0.25) is 6.10 Å². The third-order valence-electron chi connectivity index (χ3n) is 7.89. The van der Waals surface area contributed by atoms with Gasteiger partial charge in [-0.2, -0.15) is 0 Å². The smallest absolute Gasteiger partial charge is 0.349 e. The quantitative estimate of drug-likeness (QED) is 0.138. The summed E-state index contributed by atoms with van der Waals surface area (Å²) in [6.07, 6.45) is 5.17. The van der Waals surface area contributed by atoms with E-state index in [-0.39, 0.29) is 5.56 Å². The Hall–Kier alpha value is -4.39. The molecule has 1 heterocycles. The minimum atomic E-state index is -1.12. The largest absolute Gasteiger partial charge is 0.494 e. The molecule has 1 aromatic heterocycles. The van der Waals surface area contributed by atoms with Crippen molar-refractivity contribution >= 4 is 5.97 Å². The fourth-order valence-corrected chi connectivity index (χ4v) is 5.81. The van der Waals surface area contributed by atoms with Crippen molar-refractivity contribution in [3.63, 3.8) is 0 Å². The summed E-state index contributed by atoms with van der Waals surface area (Å²) in [5.74, 6) is 1.02. The predicted octanol–water partition coefficient (Wildman–Crippen LogP) is 7.98. The first-order chi connectivity index (χ1) is 21.8. The molecule has 7 heteroatoms. The Morgan fingerprint density at radius 2 is 1.53 bits per heavy atom. The van der Waals surface area contributed by atoms with Crippen LogP contribution in [0.3, 0.4) is 0 Å². The van der Waals surface area contributed by atoms with E-state index >= 15 is 0 Å². The molecule has 3 aromatic carbocycles. The summed E-state index contributed by atoms with van der Waals surface area (Å²) in [6, 6.07) is 20.8. The lowest BCUT2D eigenvalue weighted by atomic mass is 9.94. The van der Waals surface area contributed by atoms with Crippen LogP contribution in [0.15, 0.2) is 71.5 Å². The molecular formula is C38H46N2O5. The van der Waals surface area contributed by atoms with E-state index in [9.17, 15) is 14.7 Å². The van der Waals surface area contributed by atoms with Crippen LogP contribution in [-0.2, 0) is 30.5 Å². The first kappa shape index (κ1) is 33.5. The number of carbonyl (C=O) groups is 1. The van der Waals surface area contributed by atoms with Crippen molar-refractivity contribution < 1.29 is 19.4 Å². The summed E-state index contributed by atoms with van der Waals surface area (Å²) in [7, 11) is 0. The Morgan fingerprint density at radius 3 is 2.09 bits per heavy atom. The average Bonchev–Trinajstić information content (AvgIpc) is 3.02. The van der Waals surface area contributed by atoms with E-state index in [1.807, 2.05) is 56.3 Å². The van der Waals surface area contributed by atoms with Gasteiger partial charge in [0.15, 0.2) is 0 Å². The summed E-state index contributed by atoms with van der Waals surface area (Å²) in [5, 5.41) is 10.1.